The SMILES string of the molecule is C[C@H](Nc1ccccc1SCC(N)=O)C(=O)NCc1ccc2c(c1)OCO2. The van der Waals surface area contributed by atoms with Crippen LogP contribution in [0, 0.1) is 0 Å². The summed E-state index contributed by atoms with van der Waals surface area (Å²) in [5, 5.41) is 6.08. The zero-order valence-corrected chi connectivity index (χ0v) is 15.7. The van der Waals surface area contributed by atoms with Crippen molar-refractivity contribution >= 4 is 29.3 Å². The van der Waals surface area contributed by atoms with E-state index in [0.717, 1.165) is 16.1 Å². The number of primary amides is 1. The van der Waals surface area contributed by atoms with Crippen molar-refractivity contribution in [3.8, 4) is 11.5 Å². The maximum atomic E-state index is 12.4. The van der Waals surface area contributed by atoms with Crippen molar-refractivity contribution in [1.82, 2.24) is 5.32 Å². The second kappa shape index (κ2) is 8.68. The fourth-order valence-electron chi connectivity index (χ4n) is 2.55. The Hall–Kier alpha value is -2.87. The molecule has 0 aliphatic carbocycles. The van der Waals surface area contributed by atoms with Gasteiger partial charge in [0, 0.05) is 17.1 Å². The van der Waals surface area contributed by atoms with Crippen molar-refractivity contribution in [2.45, 2.75) is 24.4 Å². The zero-order chi connectivity index (χ0) is 19.2. The van der Waals surface area contributed by atoms with Crippen LogP contribution in [0.3, 0.4) is 0 Å². The number of carbonyl (C=O) groups excluding carboxylic acids is 2. The van der Waals surface area contributed by atoms with Gasteiger partial charge in [0.15, 0.2) is 11.5 Å². The Labute approximate surface area is 161 Å². The molecule has 1 heterocycles. The summed E-state index contributed by atoms with van der Waals surface area (Å²) in [5.74, 6) is 1.06. The number of nitrogens with two attached hydrogens (primary N) is 1. The number of thioether (sulfide) groups is 1. The zero-order valence-electron chi connectivity index (χ0n) is 14.9. The summed E-state index contributed by atoms with van der Waals surface area (Å²) in [6, 6.07) is 12.6. The largest absolute Gasteiger partial charge is 0.454 e. The summed E-state index contributed by atoms with van der Waals surface area (Å²) >= 11 is 1.34. The summed E-state index contributed by atoms with van der Waals surface area (Å²) in [6.45, 7) is 2.39. The fourth-order valence-corrected chi connectivity index (χ4v) is 3.31. The van der Waals surface area contributed by atoms with E-state index in [1.165, 1.54) is 11.8 Å². The minimum atomic E-state index is -0.450. The van der Waals surface area contributed by atoms with E-state index in [0.29, 0.717) is 18.0 Å². The molecule has 0 unspecified atom stereocenters. The number of para-hydroxylation sites is 1. The lowest BCUT2D eigenvalue weighted by Crippen LogP contribution is -2.37. The molecular weight excluding hydrogens is 366 g/mol. The quantitative estimate of drug-likeness (QED) is 0.600. The van der Waals surface area contributed by atoms with Crippen LogP contribution in [0.25, 0.3) is 0 Å². The fraction of sp³-hybridized carbons (Fsp3) is 0.263. The molecule has 1 aliphatic heterocycles. The Balaban J connectivity index is 1.55. The van der Waals surface area contributed by atoms with Crippen molar-refractivity contribution in [3.63, 3.8) is 0 Å². The molecule has 3 rings (SSSR count). The van der Waals surface area contributed by atoms with Gasteiger partial charge in [0.25, 0.3) is 0 Å². The van der Waals surface area contributed by atoms with Gasteiger partial charge in [-0.2, -0.15) is 0 Å². The Kier molecular flexibility index (Phi) is 6.08. The second-order valence-electron chi connectivity index (χ2n) is 6.02. The molecule has 8 heteroatoms. The first kappa shape index (κ1) is 18.9. The molecule has 0 bridgehead atoms. The maximum absolute atomic E-state index is 12.4. The van der Waals surface area contributed by atoms with Crippen molar-refractivity contribution < 1.29 is 19.1 Å². The summed E-state index contributed by atoms with van der Waals surface area (Å²) in [4.78, 5) is 24.3. The van der Waals surface area contributed by atoms with E-state index in [-0.39, 0.29) is 24.4 Å². The molecule has 4 N–H and O–H groups in total. The lowest BCUT2D eigenvalue weighted by Gasteiger charge is -2.17. The standard InChI is InChI=1S/C19H21N3O4S/c1-12(22-14-4-2-3-5-17(14)27-10-18(20)23)19(24)21-9-13-6-7-15-16(8-13)26-11-25-15/h2-8,12,22H,9-11H2,1H3,(H2,20,23)(H,21,24)/t12-/m0/s1. The highest BCUT2D eigenvalue weighted by Crippen LogP contribution is 2.32. The van der Waals surface area contributed by atoms with E-state index in [1.54, 1.807) is 6.92 Å². The normalized spacial score (nSPS) is 13.1. The van der Waals surface area contributed by atoms with Gasteiger partial charge in [-0.3, -0.25) is 9.59 Å². The topological polar surface area (TPSA) is 103 Å². The van der Waals surface area contributed by atoms with E-state index in [2.05, 4.69) is 10.6 Å². The number of hydrogen-bond donors (Lipinski definition) is 3. The Bertz CT molecular complexity index is 843. The van der Waals surface area contributed by atoms with Gasteiger partial charge in [0.2, 0.25) is 18.6 Å². The number of amides is 2. The van der Waals surface area contributed by atoms with E-state index >= 15 is 0 Å². The average Bonchev–Trinajstić information content (AvgIpc) is 3.13. The molecule has 1 aliphatic rings. The van der Waals surface area contributed by atoms with E-state index in [1.807, 2.05) is 42.5 Å². The van der Waals surface area contributed by atoms with Crippen LogP contribution in [0.4, 0.5) is 5.69 Å². The van der Waals surface area contributed by atoms with Gasteiger partial charge in [-0.05, 0) is 36.8 Å². The first-order chi connectivity index (χ1) is 13.0. The maximum Gasteiger partial charge on any atom is 0.242 e. The molecule has 7 nitrogen and oxygen atoms in total. The summed E-state index contributed by atoms with van der Waals surface area (Å²) in [7, 11) is 0. The predicted octanol–water partition coefficient (Wildman–Crippen LogP) is 2.11. The van der Waals surface area contributed by atoms with Gasteiger partial charge in [0.1, 0.15) is 6.04 Å². The third kappa shape index (κ3) is 5.07. The second-order valence-corrected chi connectivity index (χ2v) is 7.04. The minimum Gasteiger partial charge on any atom is -0.454 e. The van der Waals surface area contributed by atoms with Crippen LogP contribution in [-0.2, 0) is 16.1 Å². The molecule has 0 saturated carbocycles. The molecule has 0 radical (unpaired) electrons. The molecule has 0 spiro atoms. The summed E-state index contributed by atoms with van der Waals surface area (Å²) in [6.07, 6.45) is 0. The highest BCUT2D eigenvalue weighted by molar-refractivity contribution is 8.00. The van der Waals surface area contributed by atoms with E-state index in [4.69, 9.17) is 15.2 Å². The van der Waals surface area contributed by atoms with Gasteiger partial charge in [-0.1, -0.05) is 18.2 Å². The van der Waals surface area contributed by atoms with Crippen LogP contribution in [0.2, 0.25) is 0 Å². The van der Waals surface area contributed by atoms with Crippen LogP contribution >= 0.6 is 11.8 Å². The van der Waals surface area contributed by atoms with E-state index in [9.17, 15) is 9.59 Å². The van der Waals surface area contributed by atoms with Crippen LogP contribution in [0.1, 0.15) is 12.5 Å². The number of nitrogens with one attached hydrogen (secondary N) is 2. The molecule has 27 heavy (non-hydrogen) atoms. The number of rotatable bonds is 8. The van der Waals surface area contributed by atoms with Crippen molar-refractivity contribution in [2.24, 2.45) is 5.73 Å². The molecule has 0 aromatic heterocycles. The molecule has 2 amide bonds. The Morgan fingerprint density at radius 3 is 2.78 bits per heavy atom. The number of benzene rings is 2. The van der Waals surface area contributed by atoms with Crippen molar-refractivity contribution in [2.75, 3.05) is 17.9 Å². The summed E-state index contributed by atoms with van der Waals surface area (Å²) < 4.78 is 10.6. The molecule has 0 fully saturated rings. The van der Waals surface area contributed by atoms with Crippen molar-refractivity contribution in [3.05, 3.63) is 48.0 Å². The number of fused-ring (bicyclic) bond motifs is 1. The Morgan fingerprint density at radius 2 is 1.96 bits per heavy atom. The lowest BCUT2D eigenvalue weighted by atomic mass is 10.2. The number of hydrogen-bond acceptors (Lipinski definition) is 6. The third-order valence-electron chi connectivity index (χ3n) is 3.93. The van der Waals surface area contributed by atoms with Gasteiger partial charge in [-0.25, -0.2) is 0 Å². The average molecular weight is 387 g/mol. The molecule has 2 aromatic carbocycles. The molecule has 142 valence electrons. The Morgan fingerprint density at radius 1 is 1.19 bits per heavy atom. The van der Waals surface area contributed by atoms with Crippen LogP contribution in [0.5, 0.6) is 11.5 Å². The lowest BCUT2D eigenvalue weighted by molar-refractivity contribution is -0.121. The predicted molar refractivity (Wildman–Crippen MR) is 104 cm³/mol. The first-order valence-corrected chi connectivity index (χ1v) is 9.44. The van der Waals surface area contributed by atoms with Gasteiger partial charge in [-0.15, -0.1) is 11.8 Å². The molecule has 2 aromatic rings. The van der Waals surface area contributed by atoms with E-state index < -0.39 is 6.04 Å². The summed E-state index contributed by atoms with van der Waals surface area (Å²) in [5.41, 5.74) is 6.92. The van der Waals surface area contributed by atoms with Crippen molar-refractivity contribution in [1.29, 1.82) is 0 Å². The van der Waals surface area contributed by atoms with Gasteiger partial charge >= 0.3 is 0 Å². The highest BCUT2D eigenvalue weighted by atomic mass is 32.2. The van der Waals surface area contributed by atoms with Crippen LogP contribution < -0.4 is 25.8 Å². The first-order valence-electron chi connectivity index (χ1n) is 8.46. The van der Waals surface area contributed by atoms with Gasteiger partial charge < -0.3 is 25.8 Å². The monoisotopic (exact) mass is 387 g/mol. The third-order valence-corrected chi connectivity index (χ3v) is 5.02. The smallest absolute Gasteiger partial charge is 0.242 e. The van der Waals surface area contributed by atoms with Crippen LogP contribution in [-0.4, -0.2) is 30.4 Å². The number of ether oxygens (including phenoxy) is 2. The highest BCUT2D eigenvalue weighted by Gasteiger charge is 2.16. The number of anilines is 1. The van der Waals surface area contributed by atoms with Gasteiger partial charge in [0.05, 0.1) is 5.75 Å². The molecule has 0 saturated heterocycles. The minimum absolute atomic E-state index is 0.137. The number of carbonyl (C=O) groups is 2. The molecule has 1 atom stereocenters. The van der Waals surface area contributed by atoms with Crippen LogP contribution in [0.15, 0.2) is 47.4 Å². The molecular formula is C19H21N3O4S.